The van der Waals surface area contributed by atoms with Gasteiger partial charge in [0.1, 0.15) is 17.1 Å². The van der Waals surface area contributed by atoms with E-state index in [4.69, 9.17) is 0 Å². The Kier molecular flexibility index (Phi) is 3.61. The van der Waals surface area contributed by atoms with E-state index in [-0.39, 0.29) is 17.4 Å². The van der Waals surface area contributed by atoms with E-state index in [0.29, 0.717) is 12.6 Å². The Hall–Kier alpha value is -1.62. The second kappa shape index (κ2) is 5.40. The zero-order valence-corrected chi connectivity index (χ0v) is 11.3. The van der Waals surface area contributed by atoms with Crippen LogP contribution in [0.1, 0.15) is 36.0 Å². The van der Waals surface area contributed by atoms with Gasteiger partial charge < -0.3 is 15.3 Å². The first-order chi connectivity index (χ1) is 9.68. The van der Waals surface area contributed by atoms with E-state index in [1.165, 1.54) is 18.2 Å². The summed E-state index contributed by atoms with van der Waals surface area (Å²) in [7, 11) is 0. The van der Waals surface area contributed by atoms with Gasteiger partial charge in [0.15, 0.2) is 0 Å². The van der Waals surface area contributed by atoms with E-state index in [0.717, 1.165) is 32.2 Å². The Labute approximate surface area is 117 Å². The van der Waals surface area contributed by atoms with Gasteiger partial charge in [-0.1, -0.05) is 6.07 Å². The molecule has 20 heavy (non-hydrogen) atoms. The van der Waals surface area contributed by atoms with Crippen molar-refractivity contribution in [3.63, 3.8) is 0 Å². The molecule has 0 aromatic heterocycles. The van der Waals surface area contributed by atoms with Gasteiger partial charge in [0.25, 0.3) is 5.91 Å². The molecule has 5 heteroatoms. The maximum absolute atomic E-state index is 13.8. The Bertz CT molecular complexity index is 494. The summed E-state index contributed by atoms with van der Waals surface area (Å²) in [5.74, 6) is -1.32. The van der Waals surface area contributed by atoms with Crippen LogP contribution in [-0.4, -0.2) is 41.1 Å². The zero-order valence-electron chi connectivity index (χ0n) is 11.3. The second-order valence-electron chi connectivity index (χ2n) is 5.54. The van der Waals surface area contributed by atoms with Crippen molar-refractivity contribution in [2.75, 3.05) is 13.1 Å². The second-order valence-corrected chi connectivity index (χ2v) is 5.54. The molecule has 2 heterocycles. The van der Waals surface area contributed by atoms with Gasteiger partial charge in [0.2, 0.25) is 0 Å². The molecule has 2 atom stereocenters. The molecule has 2 saturated heterocycles. The molecule has 0 aliphatic carbocycles. The Morgan fingerprint density at radius 1 is 1.35 bits per heavy atom. The average Bonchev–Trinajstić information content (AvgIpc) is 3.09. The fourth-order valence-electron chi connectivity index (χ4n) is 3.37. The number of halogens is 1. The number of nitrogens with one attached hydrogen (secondary N) is 1. The molecule has 2 fully saturated rings. The highest BCUT2D eigenvalue weighted by Gasteiger charge is 2.37. The van der Waals surface area contributed by atoms with Crippen molar-refractivity contribution < 1.29 is 14.3 Å². The number of rotatable bonds is 2. The molecular formula is C15H19FN2O2. The number of likely N-dealkylation sites (tertiary alicyclic amines) is 1. The van der Waals surface area contributed by atoms with E-state index in [1.54, 1.807) is 4.90 Å². The first kappa shape index (κ1) is 13.4. The normalized spacial score (nSPS) is 26.1. The molecule has 1 amide bonds. The van der Waals surface area contributed by atoms with Crippen LogP contribution in [0.4, 0.5) is 4.39 Å². The van der Waals surface area contributed by atoms with Crippen LogP contribution >= 0.6 is 0 Å². The highest BCUT2D eigenvalue weighted by Crippen LogP contribution is 2.29. The lowest BCUT2D eigenvalue weighted by atomic mass is 10.0. The first-order valence-electron chi connectivity index (χ1n) is 7.20. The lowest BCUT2D eigenvalue weighted by Crippen LogP contribution is -2.46. The number of nitrogens with zero attached hydrogens (tertiary/aromatic N) is 1. The van der Waals surface area contributed by atoms with Crippen molar-refractivity contribution in [2.45, 2.75) is 37.8 Å². The number of benzene rings is 1. The van der Waals surface area contributed by atoms with Gasteiger partial charge in [-0.15, -0.1) is 0 Å². The van der Waals surface area contributed by atoms with Crippen molar-refractivity contribution in [3.05, 3.63) is 29.6 Å². The fourth-order valence-corrected chi connectivity index (χ4v) is 3.37. The van der Waals surface area contributed by atoms with Gasteiger partial charge in [0.05, 0.1) is 0 Å². The minimum Gasteiger partial charge on any atom is -0.507 e. The Balaban J connectivity index is 1.85. The SMILES string of the molecule is O=C(c1c(O)cccc1F)N1CCCC1C1CCCN1. The molecule has 3 rings (SSSR count). The van der Waals surface area contributed by atoms with Crippen LogP contribution in [0.2, 0.25) is 0 Å². The summed E-state index contributed by atoms with van der Waals surface area (Å²) in [5.41, 5.74) is -0.197. The summed E-state index contributed by atoms with van der Waals surface area (Å²) in [6.07, 6.45) is 4.05. The van der Waals surface area contributed by atoms with Crippen molar-refractivity contribution in [1.82, 2.24) is 10.2 Å². The summed E-state index contributed by atoms with van der Waals surface area (Å²) in [5, 5.41) is 13.2. The molecule has 0 radical (unpaired) electrons. The smallest absolute Gasteiger partial charge is 0.260 e. The molecule has 2 aliphatic heterocycles. The summed E-state index contributed by atoms with van der Waals surface area (Å²) in [6.45, 7) is 1.61. The quantitative estimate of drug-likeness (QED) is 0.868. The molecule has 2 aliphatic rings. The van der Waals surface area contributed by atoms with E-state index in [1.807, 2.05) is 0 Å². The van der Waals surface area contributed by atoms with Gasteiger partial charge in [0, 0.05) is 18.6 Å². The maximum Gasteiger partial charge on any atom is 0.260 e. The number of phenols is 1. The van der Waals surface area contributed by atoms with Crippen LogP contribution in [0.25, 0.3) is 0 Å². The van der Waals surface area contributed by atoms with Gasteiger partial charge in [-0.2, -0.15) is 0 Å². The third kappa shape index (κ3) is 2.26. The van der Waals surface area contributed by atoms with Gasteiger partial charge in [-0.25, -0.2) is 4.39 Å². The number of hydrogen-bond donors (Lipinski definition) is 2. The summed E-state index contributed by atoms with van der Waals surface area (Å²) in [4.78, 5) is 14.3. The molecule has 1 aromatic rings. The van der Waals surface area contributed by atoms with Gasteiger partial charge >= 0.3 is 0 Å². The predicted octanol–water partition coefficient (Wildman–Crippen LogP) is 1.89. The number of phenolic OH excluding ortho intramolecular Hbond substituents is 1. The zero-order chi connectivity index (χ0) is 14.1. The minimum absolute atomic E-state index is 0.115. The van der Waals surface area contributed by atoms with Gasteiger partial charge in [-0.3, -0.25) is 4.79 Å². The molecule has 2 unspecified atom stereocenters. The molecule has 0 bridgehead atoms. The lowest BCUT2D eigenvalue weighted by molar-refractivity contribution is 0.0703. The molecule has 0 saturated carbocycles. The van der Waals surface area contributed by atoms with Crippen LogP contribution in [0, 0.1) is 5.82 Å². The topological polar surface area (TPSA) is 52.6 Å². The van der Waals surface area contributed by atoms with Crippen LogP contribution in [0.15, 0.2) is 18.2 Å². The van der Waals surface area contributed by atoms with Crippen LogP contribution < -0.4 is 5.32 Å². The number of carbonyl (C=O) groups is 1. The molecule has 108 valence electrons. The van der Waals surface area contributed by atoms with Crippen molar-refractivity contribution in [2.24, 2.45) is 0 Å². The van der Waals surface area contributed by atoms with E-state index < -0.39 is 11.7 Å². The summed E-state index contributed by atoms with van der Waals surface area (Å²) >= 11 is 0. The predicted molar refractivity (Wildman–Crippen MR) is 73.1 cm³/mol. The molecule has 2 N–H and O–H groups in total. The number of amides is 1. The third-order valence-electron chi connectivity index (χ3n) is 4.33. The maximum atomic E-state index is 13.8. The highest BCUT2D eigenvalue weighted by molar-refractivity contribution is 5.97. The number of aromatic hydroxyl groups is 1. The van der Waals surface area contributed by atoms with Crippen molar-refractivity contribution >= 4 is 5.91 Å². The fraction of sp³-hybridized carbons (Fsp3) is 0.533. The lowest BCUT2D eigenvalue weighted by Gasteiger charge is -2.29. The highest BCUT2D eigenvalue weighted by atomic mass is 19.1. The van der Waals surface area contributed by atoms with E-state index in [9.17, 15) is 14.3 Å². The first-order valence-corrected chi connectivity index (χ1v) is 7.20. The Morgan fingerprint density at radius 3 is 2.90 bits per heavy atom. The van der Waals surface area contributed by atoms with E-state index >= 15 is 0 Å². The summed E-state index contributed by atoms with van der Waals surface area (Å²) < 4.78 is 13.8. The number of hydrogen-bond acceptors (Lipinski definition) is 3. The van der Waals surface area contributed by atoms with E-state index in [2.05, 4.69) is 5.32 Å². The van der Waals surface area contributed by atoms with Crippen LogP contribution in [0.3, 0.4) is 0 Å². The standard InChI is InChI=1S/C15H19FN2O2/c16-10-4-1-7-13(19)14(10)15(20)18-9-3-6-12(18)11-5-2-8-17-11/h1,4,7,11-12,17,19H,2-3,5-6,8-9H2. The van der Waals surface area contributed by atoms with Crippen LogP contribution in [-0.2, 0) is 0 Å². The van der Waals surface area contributed by atoms with Gasteiger partial charge in [-0.05, 0) is 44.4 Å². The summed E-state index contributed by atoms with van der Waals surface area (Å²) in [6, 6.07) is 4.39. The van der Waals surface area contributed by atoms with Crippen molar-refractivity contribution in [1.29, 1.82) is 0 Å². The van der Waals surface area contributed by atoms with Crippen molar-refractivity contribution in [3.8, 4) is 5.75 Å². The molecular weight excluding hydrogens is 259 g/mol. The largest absolute Gasteiger partial charge is 0.507 e. The molecule has 0 spiro atoms. The molecule has 1 aromatic carbocycles. The minimum atomic E-state index is -0.653. The monoisotopic (exact) mass is 278 g/mol. The average molecular weight is 278 g/mol. The number of carbonyl (C=O) groups excluding carboxylic acids is 1. The third-order valence-corrected chi connectivity index (χ3v) is 4.33. The Morgan fingerprint density at radius 2 is 2.20 bits per heavy atom. The molecule has 4 nitrogen and oxygen atoms in total. The van der Waals surface area contributed by atoms with Crippen LogP contribution in [0.5, 0.6) is 5.75 Å².